The van der Waals surface area contributed by atoms with Crippen molar-refractivity contribution in [1.82, 2.24) is 14.9 Å². The topological polar surface area (TPSA) is 115 Å². The number of halogens is 2. The molecule has 3 N–H and O–H groups in total. The van der Waals surface area contributed by atoms with Gasteiger partial charge >= 0.3 is 5.69 Å². The molecule has 5 rings (SSSR count). The molecule has 1 aromatic heterocycles. The van der Waals surface area contributed by atoms with E-state index in [4.69, 9.17) is 0 Å². The van der Waals surface area contributed by atoms with E-state index in [2.05, 4.69) is 20.2 Å². The number of likely N-dealkylation sites (tertiary alicyclic amines) is 1. The molecule has 3 aliphatic rings. The molecule has 1 aromatic carbocycles. The number of amides is 1. The van der Waals surface area contributed by atoms with Gasteiger partial charge in [-0.05, 0) is 55.6 Å². The molecule has 2 heterocycles. The number of ketones is 1. The van der Waals surface area contributed by atoms with Crippen molar-refractivity contribution in [2.45, 2.75) is 63.3 Å². The van der Waals surface area contributed by atoms with E-state index in [0.717, 1.165) is 45.7 Å². The second-order valence-electron chi connectivity index (χ2n) is 10.8. The van der Waals surface area contributed by atoms with Crippen LogP contribution in [0.4, 0.5) is 14.5 Å². The van der Waals surface area contributed by atoms with Crippen molar-refractivity contribution in [3.63, 3.8) is 0 Å². The molecule has 198 valence electrons. The number of hydrogen-bond acceptors (Lipinski definition) is 5. The van der Waals surface area contributed by atoms with Crippen molar-refractivity contribution in [3.05, 3.63) is 62.4 Å². The first-order valence-corrected chi connectivity index (χ1v) is 13.0. The zero-order valence-electron chi connectivity index (χ0n) is 20.8. The lowest BCUT2D eigenvalue weighted by atomic mass is 9.82. The third-order valence-corrected chi connectivity index (χ3v) is 8.35. The smallest absolute Gasteiger partial charge is 0.325 e. The summed E-state index contributed by atoms with van der Waals surface area (Å²) in [5.74, 6) is -2.37. The Kier molecular flexibility index (Phi) is 6.87. The van der Waals surface area contributed by atoms with Crippen LogP contribution in [0.2, 0.25) is 0 Å². The number of aromatic nitrogens is 2. The maximum absolute atomic E-state index is 13.5. The van der Waals surface area contributed by atoms with Crippen LogP contribution >= 0.6 is 0 Å². The molecule has 0 spiro atoms. The number of carbonyl (C=O) groups excluding carboxylic acids is 2. The fourth-order valence-corrected chi connectivity index (χ4v) is 6.31. The van der Waals surface area contributed by atoms with Gasteiger partial charge in [0.15, 0.2) is 0 Å². The summed E-state index contributed by atoms with van der Waals surface area (Å²) in [7, 11) is 0. The van der Waals surface area contributed by atoms with Crippen molar-refractivity contribution >= 4 is 17.4 Å². The normalized spacial score (nSPS) is 27.5. The van der Waals surface area contributed by atoms with E-state index in [1.807, 2.05) is 0 Å². The van der Waals surface area contributed by atoms with Gasteiger partial charge < -0.3 is 10.3 Å². The Labute approximate surface area is 212 Å². The lowest BCUT2D eigenvalue weighted by Gasteiger charge is -2.35. The van der Waals surface area contributed by atoms with Gasteiger partial charge in [-0.2, -0.15) is 0 Å². The highest BCUT2D eigenvalue weighted by Crippen LogP contribution is 2.54. The predicted octanol–water partition coefficient (Wildman–Crippen LogP) is 3.37. The van der Waals surface area contributed by atoms with Crippen LogP contribution in [0, 0.1) is 17.8 Å². The molecule has 0 bridgehead atoms. The second kappa shape index (κ2) is 9.96. The Morgan fingerprint density at radius 3 is 2.43 bits per heavy atom. The number of alkyl halides is 2. The first kappa shape index (κ1) is 25.5. The maximum atomic E-state index is 13.5. The molecule has 3 fully saturated rings. The van der Waals surface area contributed by atoms with Gasteiger partial charge in [-0.15, -0.1) is 0 Å². The van der Waals surface area contributed by atoms with Crippen LogP contribution in [0.1, 0.15) is 62.5 Å². The monoisotopic (exact) mass is 514 g/mol. The Bertz CT molecular complexity index is 1280. The Morgan fingerprint density at radius 2 is 1.78 bits per heavy atom. The summed E-state index contributed by atoms with van der Waals surface area (Å²) in [5.41, 5.74) is -0.0168. The minimum Gasteiger partial charge on any atom is -0.326 e. The number of fused-ring (bicyclic) bond motifs is 1. The first-order chi connectivity index (χ1) is 17.6. The number of Topliss-reactive ketones (excluding diaryl/α,β-unsaturated/α-hetero) is 1. The van der Waals surface area contributed by atoms with Gasteiger partial charge in [-0.25, -0.2) is 13.6 Å². The summed E-state index contributed by atoms with van der Waals surface area (Å²) in [6.07, 6.45) is 5.47. The molecule has 2 saturated carbocycles. The summed E-state index contributed by atoms with van der Waals surface area (Å²) < 4.78 is 27.0. The molecule has 2 aliphatic carbocycles. The van der Waals surface area contributed by atoms with Gasteiger partial charge in [0.1, 0.15) is 5.78 Å². The van der Waals surface area contributed by atoms with Crippen LogP contribution in [-0.2, 0) is 15.5 Å². The second-order valence-corrected chi connectivity index (χ2v) is 10.8. The standard InChI is InChI=1S/C27H32F2N4O4/c1-27(28,29)16-3-2-4-17(11-16)31-23(35)10-9-22(34)24-20-13-33(14-21(20)24)18-7-5-15(6-8-18)19-12-30-26(37)32-25(19)36/h2-4,11-12,15,18,20-21,24H,5-10,13-14H2,1H3,(H,31,35)(H2,30,32,36,37)/t15?,18?,20-,21+,24?. The highest BCUT2D eigenvalue weighted by Gasteiger charge is 2.59. The third-order valence-electron chi connectivity index (χ3n) is 8.35. The highest BCUT2D eigenvalue weighted by atomic mass is 19.3. The SMILES string of the molecule is CC(F)(F)c1cccc(NC(=O)CCC(=O)C2[C@H]3CN(C4CCC(c5c[nH]c(=O)[nH]c5=O)CC4)C[C@@H]23)c1. The molecule has 37 heavy (non-hydrogen) atoms. The molecular formula is C27H32F2N4O4. The molecule has 3 atom stereocenters. The minimum absolute atomic E-state index is 0.0159. The fraction of sp³-hybridized carbons (Fsp3) is 0.556. The van der Waals surface area contributed by atoms with Crippen molar-refractivity contribution < 1.29 is 18.4 Å². The number of aromatic amines is 2. The van der Waals surface area contributed by atoms with E-state index in [-0.39, 0.29) is 47.5 Å². The number of nitrogens with one attached hydrogen (secondary N) is 3. The van der Waals surface area contributed by atoms with Crippen LogP contribution in [-0.4, -0.2) is 45.7 Å². The largest absolute Gasteiger partial charge is 0.326 e. The summed E-state index contributed by atoms with van der Waals surface area (Å²) >= 11 is 0. The van der Waals surface area contributed by atoms with Crippen molar-refractivity contribution in [1.29, 1.82) is 0 Å². The Hall–Kier alpha value is -3.14. The van der Waals surface area contributed by atoms with Crippen LogP contribution in [0.3, 0.4) is 0 Å². The number of hydrogen-bond donors (Lipinski definition) is 3. The molecule has 2 aromatic rings. The van der Waals surface area contributed by atoms with Gasteiger partial charge in [-0.1, -0.05) is 12.1 Å². The van der Waals surface area contributed by atoms with Gasteiger partial charge in [0.05, 0.1) is 0 Å². The number of H-pyrrole nitrogens is 2. The van der Waals surface area contributed by atoms with Gasteiger partial charge in [0.25, 0.3) is 11.5 Å². The zero-order valence-corrected chi connectivity index (χ0v) is 20.8. The van der Waals surface area contributed by atoms with E-state index < -0.39 is 11.6 Å². The predicted molar refractivity (Wildman–Crippen MR) is 134 cm³/mol. The Morgan fingerprint density at radius 1 is 1.08 bits per heavy atom. The van der Waals surface area contributed by atoms with E-state index in [1.165, 1.54) is 24.4 Å². The van der Waals surface area contributed by atoms with Crippen LogP contribution in [0.25, 0.3) is 0 Å². The van der Waals surface area contributed by atoms with E-state index >= 15 is 0 Å². The number of piperidine rings is 1. The summed E-state index contributed by atoms with van der Waals surface area (Å²) in [6, 6.07) is 6.04. The first-order valence-electron chi connectivity index (χ1n) is 13.0. The van der Waals surface area contributed by atoms with Crippen molar-refractivity contribution in [3.8, 4) is 0 Å². The number of carbonyl (C=O) groups is 2. The van der Waals surface area contributed by atoms with Gasteiger partial charge in [-0.3, -0.25) is 24.3 Å². The quantitative estimate of drug-likeness (QED) is 0.500. The fourth-order valence-electron chi connectivity index (χ4n) is 6.31. The Balaban J connectivity index is 1.04. The number of nitrogens with zero attached hydrogens (tertiary/aromatic N) is 1. The van der Waals surface area contributed by atoms with E-state index in [0.29, 0.717) is 29.1 Å². The van der Waals surface area contributed by atoms with Crippen molar-refractivity contribution in [2.24, 2.45) is 17.8 Å². The van der Waals surface area contributed by atoms with Gasteiger partial charge in [0.2, 0.25) is 5.91 Å². The lowest BCUT2D eigenvalue weighted by molar-refractivity contribution is -0.124. The molecule has 8 nitrogen and oxygen atoms in total. The van der Waals surface area contributed by atoms with E-state index in [1.54, 1.807) is 6.07 Å². The van der Waals surface area contributed by atoms with E-state index in [9.17, 15) is 28.0 Å². The minimum atomic E-state index is -2.99. The lowest BCUT2D eigenvalue weighted by Crippen LogP contribution is -2.39. The summed E-state index contributed by atoms with van der Waals surface area (Å²) in [6.45, 7) is 2.59. The molecule has 1 unspecified atom stereocenters. The average molecular weight is 515 g/mol. The molecule has 1 amide bonds. The average Bonchev–Trinajstić information content (AvgIpc) is 3.35. The summed E-state index contributed by atoms with van der Waals surface area (Å²) in [5, 5.41) is 2.62. The maximum Gasteiger partial charge on any atom is 0.325 e. The third kappa shape index (κ3) is 5.58. The molecule has 1 saturated heterocycles. The number of rotatable bonds is 8. The highest BCUT2D eigenvalue weighted by molar-refractivity contribution is 5.94. The van der Waals surface area contributed by atoms with Crippen LogP contribution in [0.5, 0.6) is 0 Å². The zero-order chi connectivity index (χ0) is 26.3. The van der Waals surface area contributed by atoms with Crippen LogP contribution in [0.15, 0.2) is 40.1 Å². The molecular weight excluding hydrogens is 482 g/mol. The number of anilines is 1. The molecule has 1 aliphatic heterocycles. The molecule has 0 radical (unpaired) electrons. The van der Waals surface area contributed by atoms with Gasteiger partial charge in [0, 0.05) is 67.8 Å². The van der Waals surface area contributed by atoms with Crippen molar-refractivity contribution in [2.75, 3.05) is 18.4 Å². The molecule has 10 heteroatoms. The number of benzene rings is 1. The van der Waals surface area contributed by atoms with Crippen LogP contribution < -0.4 is 16.6 Å². The summed E-state index contributed by atoms with van der Waals surface area (Å²) in [4.78, 5) is 55.7.